The van der Waals surface area contributed by atoms with Gasteiger partial charge in [0.2, 0.25) is 5.95 Å². The van der Waals surface area contributed by atoms with Gasteiger partial charge in [0.25, 0.3) is 5.69 Å². The predicted molar refractivity (Wildman–Crippen MR) is 102 cm³/mol. The van der Waals surface area contributed by atoms with E-state index < -0.39 is 0 Å². The Morgan fingerprint density at radius 3 is 2.85 bits per heavy atom. The highest BCUT2D eigenvalue weighted by Crippen LogP contribution is 2.26. The number of nitrogens with one attached hydrogen (secondary N) is 1. The van der Waals surface area contributed by atoms with Crippen LogP contribution in [0.1, 0.15) is 31.0 Å². The summed E-state index contributed by atoms with van der Waals surface area (Å²) in [5, 5.41) is 14.3. The smallest absolute Gasteiger partial charge is 0.274 e. The van der Waals surface area contributed by atoms with Crippen LogP contribution in [0.15, 0.2) is 24.3 Å². The van der Waals surface area contributed by atoms with Gasteiger partial charge < -0.3 is 16.0 Å². The lowest BCUT2D eigenvalue weighted by Gasteiger charge is -2.19. The third-order valence-corrected chi connectivity index (χ3v) is 4.48. The fourth-order valence-electron chi connectivity index (χ4n) is 3.09. The van der Waals surface area contributed by atoms with E-state index in [1.807, 2.05) is 6.07 Å². The van der Waals surface area contributed by atoms with E-state index in [-0.39, 0.29) is 16.7 Å². The van der Waals surface area contributed by atoms with E-state index >= 15 is 0 Å². The standard InChI is InChI=1S/C18H24N6O2/c1-3-4-14-10-17(23-8-7-13(19)11-23)22-18(20-14)21-15-6-5-12(2)16(9-15)24(25)26/h5-6,9-10,13H,3-4,7-8,11,19H2,1-2H3,(H,20,21,22). The average Bonchev–Trinajstić information content (AvgIpc) is 3.03. The Morgan fingerprint density at radius 2 is 2.19 bits per heavy atom. The van der Waals surface area contributed by atoms with Crippen molar-refractivity contribution in [3.8, 4) is 0 Å². The molecule has 0 spiro atoms. The Morgan fingerprint density at radius 1 is 1.38 bits per heavy atom. The highest BCUT2D eigenvalue weighted by molar-refractivity contribution is 5.61. The zero-order valence-electron chi connectivity index (χ0n) is 15.1. The van der Waals surface area contributed by atoms with Gasteiger partial charge in [0, 0.05) is 48.2 Å². The lowest BCUT2D eigenvalue weighted by Crippen LogP contribution is -2.27. The molecule has 3 rings (SSSR count). The number of hydrogen-bond donors (Lipinski definition) is 2. The zero-order valence-corrected chi connectivity index (χ0v) is 15.1. The number of nitro groups is 1. The fraction of sp³-hybridized carbons (Fsp3) is 0.444. The third-order valence-electron chi connectivity index (χ3n) is 4.48. The van der Waals surface area contributed by atoms with Gasteiger partial charge in [-0.1, -0.05) is 19.4 Å². The lowest BCUT2D eigenvalue weighted by atomic mass is 10.2. The molecule has 26 heavy (non-hydrogen) atoms. The van der Waals surface area contributed by atoms with Crippen LogP contribution >= 0.6 is 0 Å². The maximum Gasteiger partial charge on any atom is 0.274 e. The molecule has 1 aromatic heterocycles. The summed E-state index contributed by atoms with van der Waals surface area (Å²) in [6.07, 6.45) is 2.77. The zero-order chi connectivity index (χ0) is 18.7. The van der Waals surface area contributed by atoms with Crippen LogP contribution < -0.4 is 16.0 Å². The normalized spacial score (nSPS) is 16.7. The second-order valence-electron chi connectivity index (χ2n) is 6.67. The monoisotopic (exact) mass is 356 g/mol. The molecule has 2 heterocycles. The van der Waals surface area contributed by atoms with E-state index in [4.69, 9.17) is 5.73 Å². The number of nitrogens with zero attached hydrogens (tertiary/aromatic N) is 4. The van der Waals surface area contributed by atoms with Crippen LogP contribution in [-0.4, -0.2) is 34.0 Å². The quantitative estimate of drug-likeness (QED) is 0.605. The van der Waals surface area contributed by atoms with Gasteiger partial charge in [-0.3, -0.25) is 10.1 Å². The van der Waals surface area contributed by atoms with E-state index in [0.29, 0.717) is 17.2 Å². The molecule has 1 aliphatic heterocycles. The van der Waals surface area contributed by atoms with Crippen LogP contribution in [0.3, 0.4) is 0 Å². The summed E-state index contributed by atoms with van der Waals surface area (Å²) < 4.78 is 0. The lowest BCUT2D eigenvalue weighted by molar-refractivity contribution is -0.385. The second kappa shape index (κ2) is 7.65. The van der Waals surface area contributed by atoms with Gasteiger partial charge in [0.15, 0.2) is 0 Å². The van der Waals surface area contributed by atoms with Crippen molar-refractivity contribution in [1.29, 1.82) is 0 Å². The molecule has 8 nitrogen and oxygen atoms in total. The first-order valence-electron chi connectivity index (χ1n) is 8.87. The molecule has 0 bridgehead atoms. The maximum absolute atomic E-state index is 11.2. The summed E-state index contributed by atoms with van der Waals surface area (Å²) in [5.74, 6) is 1.30. The van der Waals surface area contributed by atoms with Gasteiger partial charge in [-0.15, -0.1) is 0 Å². The van der Waals surface area contributed by atoms with Crippen LogP contribution in [0.25, 0.3) is 0 Å². The van der Waals surface area contributed by atoms with E-state index in [1.165, 1.54) is 6.07 Å². The van der Waals surface area contributed by atoms with Crippen molar-refractivity contribution in [1.82, 2.24) is 9.97 Å². The van der Waals surface area contributed by atoms with Crippen molar-refractivity contribution in [2.75, 3.05) is 23.3 Å². The Kier molecular flexibility index (Phi) is 5.32. The summed E-state index contributed by atoms with van der Waals surface area (Å²) in [6, 6.07) is 7.19. The Hall–Kier alpha value is -2.74. The SMILES string of the molecule is CCCc1cc(N2CCC(N)C2)nc(Nc2ccc(C)c([N+](=O)[O-])c2)n1. The number of rotatable bonds is 6. The highest BCUT2D eigenvalue weighted by atomic mass is 16.6. The summed E-state index contributed by atoms with van der Waals surface area (Å²) in [4.78, 5) is 22.1. The molecule has 138 valence electrons. The summed E-state index contributed by atoms with van der Waals surface area (Å²) in [7, 11) is 0. The Labute approximate surface area is 152 Å². The van der Waals surface area contributed by atoms with Crippen LogP contribution in [-0.2, 0) is 6.42 Å². The maximum atomic E-state index is 11.2. The topological polar surface area (TPSA) is 110 Å². The van der Waals surface area contributed by atoms with Crippen molar-refractivity contribution in [2.24, 2.45) is 5.73 Å². The van der Waals surface area contributed by atoms with E-state index in [2.05, 4.69) is 27.1 Å². The number of anilines is 3. The largest absolute Gasteiger partial charge is 0.355 e. The predicted octanol–water partition coefficient (Wildman–Crippen LogP) is 2.93. The molecule has 1 aliphatic rings. The van der Waals surface area contributed by atoms with Crippen LogP contribution in [0.5, 0.6) is 0 Å². The number of benzene rings is 1. The van der Waals surface area contributed by atoms with Crippen molar-refractivity contribution in [3.63, 3.8) is 0 Å². The van der Waals surface area contributed by atoms with Crippen molar-refractivity contribution < 1.29 is 4.92 Å². The second-order valence-corrected chi connectivity index (χ2v) is 6.67. The molecular formula is C18H24N6O2. The number of nitrogens with two attached hydrogens (primary N) is 1. The Bertz CT molecular complexity index is 810. The molecule has 1 saturated heterocycles. The molecule has 1 aromatic carbocycles. The molecule has 8 heteroatoms. The van der Waals surface area contributed by atoms with Gasteiger partial charge in [0.05, 0.1) is 4.92 Å². The minimum absolute atomic E-state index is 0.0745. The first-order chi connectivity index (χ1) is 12.5. The van der Waals surface area contributed by atoms with E-state index in [9.17, 15) is 10.1 Å². The van der Waals surface area contributed by atoms with Gasteiger partial charge in [-0.2, -0.15) is 4.98 Å². The van der Waals surface area contributed by atoms with Crippen LogP contribution in [0, 0.1) is 17.0 Å². The minimum atomic E-state index is -0.383. The summed E-state index contributed by atoms with van der Waals surface area (Å²) >= 11 is 0. The highest BCUT2D eigenvalue weighted by Gasteiger charge is 2.21. The number of nitro benzene ring substituents is 1. The first-order valence-corrected chi connectivity index (χ1v) is 8.87. The van der Waals surface area contributed by atoms with Gasteiger partial charge >= 0.3 is 0 Å². The summed E-state index contributed by atoms with van der Waals surface area (Å²) in [5.41, 5.74) is 8.25. The summed E-state index contributed by atoms with van der Waals surface area (Å²) in [6.45, 7) is 5.47. The van der Waals surface area contributed by atoms with E-state index in [1.54, 1.807) is 19.1 Å². The molecule has 1 unspecified atom stereocenters. The number of aromatic nitrogens is 2. The third kappa shape index (κ3) is 4.08. The molecule has 0 aliphatic carbocycles. The van der Waals surface area contributed by atoms with Crippen molar-refractivity contribution >= 4 is 23.1 Å². The molecule has 0 radical (unpaired) electrons. The van der Waals surface area contributed by atoms with Crippen LogP contribution in [0.4, 0.5) is 23.1 Å². The van der Waals surface area contributed by atoms with Crippen molar-refractivity contribution in [2.45, 2.75) is 39.2 Å². The molecular weight excluding hydrogens is 332 g/mol. The molecule has 2 aromatic rings. The van der Waals surface area contributed by atoms with Crippen LogP contribution in [0.2, 0.25) is 0 Å². The minimum Gasteiger partial charge on any atom is -0.355 e. The fourth-order valence-corrected chi connectivity index (χ4v) is 3.09. The first kappa shape index (κ1) is 18.1. The van der Waals surface area contributed by atoms with Gasteiger partial charge in [-0.25, -0.2) is 4.98 Å². The van der Waals surface area contributed by atoms with E-state index in [0.717, 1.165) is 43.9 Å². The molecule has 3 N–H and O–H groups in total. The number of aryl methyl sites for hydroxylation is 2. The molecule has 0 saturated carbocycles. The molecule has 1 atom stereocenters. The van der Waals surface area contributed by atoms with Gasteiger partial charge in [-0.05, 0) is 25.8 Å². The number of hydrogen-bond acceptors (Lipinski definition) is 7. The molecule has 0 amide bonds. The average molecular weight is 356 g/mol. The Balaban J connectivity index is 1.90. The van der Waals surface area contributed by atoms with Crippen molar-refractivity contribution in [3.05, 3.63) is 45.6 Å². The molecule has 1 fully saturated rings. The van der Waals surface area contributed by atoms with Gasteiger partial charge in [0.1, 0.15) is 5.82 Å².